The van der Waals surface area contributed by atoms with Crippen molar-refractivity contribution in [3.63, 3.8) is 0 Å². The van der Waals surface area contributed by atoms with Crippen LogP contribution in [0.5, 0.6) is 0 Å². The molecule has 0 radical (unpaired) electrons. The number of alkyl halides is 1. The predicted molar refractivity (Wildman–Crippen MR) is 49.2 cm³/mol. The third-order valence-electron chi connectivity index (χ3n) is 1.05. The van der Waals surface area contributed by atoms with Crippen molar-refractivity contribution in [3.8, 4) is 0 Å². The molecule has 5 heteroatoms. The molecule has 0 aliphatic carbocycles. The van der Waals surface area contributed by atoms with Crippen molar-refractivity contribution in [1.82, 2.24) is 0 Å². The molecule has 0 aromatic rings. The summed E-state index contributed by atoms with van der Waals surface area (Å²) >= 11 is 3.19. The van der Waals surface area contributed by atoms with E-state index in [1.807, 2.05) is 0 Å². The van der Waals surface area contributed by atoms with Gasteiger partial charge in [0.2, 0.25) is 0 Å². The van der Waals surface area contributed by atoms with Crippen molar-refractivity contribution in [2.24, 2.45) is 0 Å². The topological polar surface area (TPSA) is 35.5 Å². The lowest BCUT2D eigenvalue weighted by Gasteiger charge is -2.18. The van der Waals surface area contributed by atoms with Crippen LogP contribution < -0.4 is 0 Å². The van der Waals surface area contributed by atoms with E-state index in [2.05, 4.69) is 15.9 Å². The van der Waals surface area contributed by atoms with Gasteiger partial charge in [0, 0.05) is 0 Å². The highest BCUT2D eigenvalue weighted by molar-refractivity contribution is 9.10. The lowest BCUT2D eigenvalue weighted by Crippen LogP contribution is -2.02. The fourth-order valence-electron chi connectivity index (χ4n) is 0.603. The Balaban J connectivity index is 4.14. The highest BCUT2D eigenvalue weighted by Gasteiger charge is 2.29. The van der Waals surface area contributed by atoms with E-state index in [1.54, 1.807) is 20.8 Å². The predicted octanol–water partition coefficient (Wildman–Crippen LogP) is 2.99. The van der Waals surface area contributed by atoms with Gasteiger partial charge in [-0.25, -0.2) is 0 Å². The van der Waals surface area contributed by atoms with Crippen molar-refractivity contribution in [3.05, 3.63) is 0 Å². The molecular formula is C6H14BrO3P. The molecule has 0 rings (SSSR count). The maximum absolute atomic E-state index is 11.6. The summed E-state index contributed by atoms with van der Waals surface area (Å²) in [6.45, 7) is 6.16. The van der Waals surface area contributed by atoms with Gasteiger partial charge in [-0.15, -0.1) is 0 Å². The first-order valence-corrected chi connectivity index (χ1v) is 6.12. The van der Waals surface area contributed by atoms with E-state index in [9.17, 15) is 4.57 Å². The van der Waals surface area contributed by atoms with Crippen LogP contribution in [-0.2, 0) is 13.6 Å². The number of hydrogen-bond donors (Lipinski definition) is 0. The van der Waals surface area contributed by atoms with Gasteiger partial charge < -0.3 is 9.05 Å². The van der Waals surface area contributed by atoms with E-state index in [0.717, 1.165) is 0 Å². The Morgan fingerprint density at radius 3 is 1.91 bits per heavy atom. The highest BCUT2D eigenvalue weighted by atomic mass is 79.9. The first-order valence-electron chi connectivity index (χ1n) is 3.59. The minimum atomic E-state index is -2.87. The van der Waals surface area contributed by atoms with Crippen LogP contribution in [0.25, 0.3) is 0 Å². The van der Waals surface area contributed by atoms with E-state index in [0.29, 0.717) is 13.2 Å². The zero-order valence-corrected chi connectivity index (χ0v) is 9.52. The van der Waals surface area contributed by atoms with Gasteiger partial charge in [0.15, 0.2) is 0 Å². The standard InChI is InChI=1S/C6H14BrO3P/c1-4-9-11(8,6(3)7)10-5-2/h6H,4-5H2,1-3H3. The number of halogens is 1. The molecule has 11 heavy (non-hydrogen) atoms. The minimum absolute atomic E-state index is 0.241. The molecule has 3 nitrogen and oxygen atoms in total. The van der Waals surface area contributed by atoms with E-state index in [4.69, 9.17) is 9.05 Å². The lowest BCUT2D eigenvalue weighted by molar-refractivity contribution is 0.219. The normalized spacial score (nSPS) is 14.9. The smallest absolute Gasteiger partial charge is 0.308 e. The largest absolute Gasteiger partial charge is 0.343 e. The summed E-state index contributed by atoms with van der Waals surface area (Å²) in [4.78, 5) is 0. The van der Waals surface area contributed by atoms with E-state index >= 15 is 0 Å². The molecule has 1 unspecified atom stereocenters. The Morgan fingerprint density at radius 2 is 1.73 bits per heavy atom. The van der Waals surface area contributed by atoms with Gasteiger partial charge in [0.05, 0.1) is 13.2 Å². The van der Waals surface area contributed by atoms with Gasteiger partial charge in [-0.05, 0) is 20.8 Å². The Hall–Kier alpha value is 0.630. The number of hydrogen-bond acceptors (Lipinski definition) is 3. The fourth-order valence-corrected chi connectivity index (χ4v) is 2.52. The monoisotopic (exact) mass is 244 g/mol. The minimum Gasteiger partial charge on any atom is -0.308 e. The molecule has 0 spiro atoms. The third kappa shape index (κ3) is 3.70. The van der Waals surface area contributed by atoms with Gasteiger partial charge in [-0.1, -0.05) is 15.9 Å². The van der Waals surface area contributed by atoms with Gasteiger partial charge in [0.1, 0.15) is 4.57 Å². The Kier molecular flexibility index (Phi) is 5.61. The average molecular weight is 245 g/mol. The first kappa shape index (κ1) is 11.6. The summed E-state index contributed by atoms with van der Waals surface area (Å²) < 4.78 is 21.4. The van der Waals surface area contributed by atoms with Crippen molar-refractivity contribution < 1.29 is 13.6 Å². The second-order valence-electron chi connectivity index (χ2n) is 1.95. The van der Waals surface area contributed by atoms with Crippen molar-refractivity contribution in [2.45, 2.75) is 25.3 Å². The van der Waals surface area contributed by atoms with Crippen LogP contribution in [0, 0.1) is 0 Å². The fraction of sp³-hybridized carbons (Fsp3) is 1.00. The summed E-state index contributed by atoms with van der Waals surface area (Å²) in [6.07, 6.45) is 0. The maximum atomic E-state index is 11.6. The lowest BCUT2D eigenvalue weighted by atomic mass is 10.9. The van der Waals surface area contributed by atoms with Gasteiger partial charge in [-0.3, -0.25) is 4.57 Å². The molecule has 0 saturated carbocycles. The highest BCUT2D eigenvalue weighted by Crippen LogP contribution is 2.55. The summed E-state index contributed by atoms with van der Waals surface area (Å²) in [6, 6.07) is 0. The van der Waals surface area contributed by atoms with Crippen LogP contribution in [0.3, 0.4) is 0 Å². The molecule has 0 saturated heterocycles. The molecule has 0 aromatic carbocycles. The first-order chi connectivity index (χ1) is 5.06. The molecule has 0 N–H and O–H groups in total. The summed E-state index contributed by atoms with van der Waals surface area (Å²) in [5.41, 5.74) is 0. The van der Waals surface area contributed by atoms with Crippen LogP contribution >= 0.6 is 23.5 Å². The Labute approximate surface area is 76.1 Å². The molecule has 0 amide bonds. The molecule has 0 aliphatic heterocycles. The molecule has 0 bridgehead atoms. The second-order valence-corrected chi connectivity index (χ2v) is 6.40. The van der Waals surface area contributed by atoms with Crippen LogP contribution in [0.2, 0.25) is 0 Å². The van der Waals surface area contributed by atoms with Crippen LogP contribution in [0.4, 0.5) is 0 Å². The Morgan fingerprint density at radius 1 is 1.36 bits per heavy atom. The van der Waals surface area contributed by atoms with Crippen LogP contribution in [0.1, 0.15) is 20.8 Å². The molecular weight excluding hydrogens is 231 g/mol. The molecule has 0 heterocycles. The van der Waals surface area contributed by atoms with Crippen molar-refractivity contribution in [1.29, 1.82) is 0 Å². The molecule has 0 aliphatic rings. The van der Waals surface area contributed by atoms with Gasteiger partial charge in [0.25, 0.3) is 0 Å². The zero-order chi connectivity index (χ0) is 8.91. The molecule has 0 aromatic heterocycles. The Bertz CT molecular complexity index is 139. The average Bonchev–Trinajstić information content (AvgIpc) is 1.88. The quantitative estimate of drug-likeness (QED) is 0.551. The SMILES string of the molecule is CCOP(=O)(OCC)C(C)Br. The van der Waals surface area contributed by atoms with Crippen molar-refractivity contribution >= 4 is 23.5 Å². The van der Waals surface area contributed by atoms with E-state index < -0.39 is 7.60 Å². The molecule has 0 fully saturated rings. The number of rotatable bonds is 5. The molecule has 68 valence electrons. The van der Waals surface area contributed by atoms with E-state index in [1.165, 1.54) is 0 Å². The van der Waals surface area contributed by atoms with Crippen LogP contribution in [-0.4, -0.2) is 17.8 Å². The zero-order valence-electron chi connectivity index (χ0n) is 7.04. The summed E-state index contributed by atoms with van der Waals surface area (Å²) in [5.74, 6) is 0. The second kappa shape index (κ2) is 5.31. The maximum Gasteiger partial charge on any atom is 0.343 e. The molecule has 1 atom stereocenters. The van der Waals surface area contributed by atoms with E-state index in [-0.39, 0.29) is 4.57 Å². The van der Waals surface area contributed by atoms with Crippen molar-refractivity contribution in [2.75, 3.05) is 13.2 Å². The third-order valence-corrected chi connectivity index (χ3v) is 4.67. The summed E-state index contributed by atoms with van der Waals surface area (Å²) in [5, 5.41) is 0. The van der Waals surface area contributed by atoms with Crippen LogP contribution in [0.15, 0.2) is 0 Å². The van der Waals surface area contributed by atoms with Gasteiger partial charge >= 0.3 is 7.60 Å². The van der Waals surface area contributed by atoms with Gasteiger partial charge in [-0.2, -0.15) is 0 Å². The summed E-state index contributed by atoms with van der Waals surface area (Å²) in [7, 11) is -2.87.